The summed E-state index contributed by atoms with van der Waals surface area (Å²) in [6, 6.07) is 16.1. The standard InChI is InChI=1S/C32H42N4O4/c1-35(25-14-12-23(13-15-25)31(38)39)30(37)19-18-29(22-8-4-2-5-9-22)36-21-24-20-27(16-17-28(24)34-32(36)33)40-26-10-6-3-7-11-26/h3,6-7,10-11,16-17,20,22-23,25,29H,2,4-5,8-9,12-15,18-19,21H2,1H3,(H3,33,34,38,39)/p+1. The minimum Gasteiger partial charge on any atom is -0.481 e. The van der Waals surface area contributed by atoms with Crippen molar-refractivity contribution in [1.29, 1.82) is 0 Å². The van der Waals surface area contributed by atoms with Crippen molar-refractivity contribution in [3.05, 3.63) is 54.1 Å². The van der Waals surface area contributed by atoms with Gasteiger partial charge in [-0.1, -0.05) is 37.5 Å². The van der Waals surface area contributed by atoms with Gasteiger partial charge in [-0.3, -0.25) is 19.9 Å². The summed E-state index contributed by atoms with van der Waals surface area (Å²) in [7, 11) is 1.89. The molecule has 0 radical (unpaired) electrons. The van der Waals surface area contributed by atoms with Crippen LogP contribution in [-0.4, -0.2) is 51.5 Å². The number of nitrogens with one attached hydrogen (secondary N) is 1. The number of aliphatic carboxylic acids is 1. The fourth-order valence-corrected chi connectivity index (χ4v) is 6.81. The van der Waals surface area contributed by atoms with Gasteiger partial charge in [0.05, 0.1) is 18.5 Å². The Labute approximate surface area is 237 Å². The van der Waals surface area contributed by atoms with Crippen LogP contribution in [0.1, 0.15) is 76.2 Å². The van der Waals surface area contributed by atoms with E-state index in [0.29, 0.717) is 37.7 Å². The quantitative estimate of drug-likeness (QED) is 0.355. The minimum absolute atomic E-state index is 0.124. The number of hydrogen-bond donors (Lipinski definition) is 3. The number of fused-ring (bicyclic) bond motifs is 1. The van der Waals surface area contributed by atoms with E-state index >= 15 is 0 Å². The van der Waals surface area contributed by atoms with Crippen LogP contribution < -0.4 is 15.8 Å². The fourth-order valence-electron chi connectivity index (χ4n) is 6.81. The predicted molar refractivity (Wildman–Crippen MR) is 155 cm³/mol. The molecule has 2 fully saturated rings. The largest absolute Gasteiger partial charge is 0.481 e. The number of para-hydroxylation sites is 1. The van der Waals surface area contributed by atoms with E-state index in [2.05, 4.69) is 16.0 Å². The van der Waals surface area contributed by atoms with E-state index in [-0.39, 0.29) is 23.9 Å². The highest BCUT2D eigenvalue weighted by atomic mass is 16.5. The Bertz CT molecular complexity index is 1220. The zero-order valence-corrected chi connectivity index (χ0v) is 23.6. The first-order valence-electron chi connectivity index (χ1n) is 14.9. The Hall–Kier alpha value is -3.55. The van der Waals surface area contributed by atoms with E-state index in [4.69, 9.17) is 10.5 Å². The molecule has 214 valence electrons. The Morgan fingerprint density at radius 2 is 1.75 bits per heavy atom. The molecule has 1 unspecified atom stereocenters. The topological polar surface area (TPSA) is 108 Å². The summed E-state index contributed by atoms with van der Waals surface area (Å²) in [6.45, 7) is 0.671. The molecule has 4 N–H and O–H groups in total. The van der Waals surface area contributed by atoms with Crippen LogP contribution in [-0.2, 0) is 16.1 Å². The molecular weight excluding hydrogens is 504 g/mol. The van der Waals surface area contributed by atoms with Crippen molar-refractivity contribution in [2.75, 3.05) is 12.4 Å². The maximum absolute atomic E-state index is 13.3. The third kappa shape index (κ3) is 6.60. The highest BCUT2D eigenvalue weighted by Gasteiger charge is 2.35. The van der Waals surface area contributed by atoms with Crippen molar-refractivity contribution in [2.24, 2.45) is 17.6 Å². The molecule has 40 heavy (non-hydrogen) atoms. The number of hydrogen-bond acceptors (Lipinski definition) is 5. The number of ether oxygens (including phenoxy) is 1. The first-order chi connectivity index (χ1) is 19.4. The van der Waals surface area contributed by atoms with Crippen molar-refractivity contribution >= 4 is 23.5 Å². The third-order valence-electron chi connectivity index (χ3n) is 9.20. The van der Waals surface area contributed by atoms with Gasteiger partial charge in [-0.15, -0.1) is 0 Å². The second kappa shape index (κ2) is 12.7. The molecule has 3 aliphatic rings. The van der Waals surface area contributed by atoms with Gasteiger partial charge in [0.25, 0.3) is 0 Å². The van der Waals surface area contributed by atoms with Crippen molar-refractivity contribution in [2.45, 2.75) is 89.3 Å². The van der Waals surface area contributed by atoms with Crippen LogP contribution in [0.2, 0.25) is 0 Å². The Morgan fingerprint density at radius 1 is 1.02 bits per heavy atom. The monoisotopic (exact) mass is 547 g/mol. The van der Waals surface area contributed by atoms with Gasteiger partial charge >= 0.3 is 11.9 Å². The maximum Gasteiger partial charge on any atom is 0.348 e. The van der Waals surface area contributed by atoms with Gasteiger partial charge in [0.1, 0.15) is 17.2 Å². The normalized spacial score (nSPS) is 22.1. The molecule has 1 heterocycles. The Morgan fingerprint density at radius 3 is 2.45 bits per heavy atom. The molecule has 2 saturated carbocycles. The predicted octanol–water partition coefficient (Wildman–Crippen LogP) is 5.56. The third-order valence-corrected chi connectivity index (χ3v) is 9.20. The summed E-state index contributed by atoms with van der Waals surface area (Å²) in [5.41, 5.74) is 8.76. The second-order valence-corrected chi connectivity index (χ2v) is 11.7. The van der Waals surface area contributed by atoms with Gasteiger partial charge in [-0.2, -0.15) is 0 Å². The number of amides is 1. The van der Waals surface area contributed by atoms with Crippen LogP contribution in [0.25, 0.3) is 0 Å². The summed E-state index contributed by atoms with van der Waals surface area (Å²) in [6.07, 6.45) is 10.0. The molecule has 8 nitrogen and oxygen atoms in total. The van der Waals surface area contributed by atoms with Crippen molar-refractivity contribution < 1.29 is 24.0 Å². The lowest BCUT2D eigenvalue weighted by Crippen LogP contribution is -2.47. The molecule has 0 saturated heterocycles. The average Bonchev–Trinajstić information content (AvgIpc) is 2.98. The van der Waals surface area contributed by atoms with Crippen molar-refractivity contribution in [1.82, 2.24) is 4.90 Å². The molecule has 8 heteroatoms. The molecule has 2 aromatic rings. The van der Waals surface area contributed by atoms with Gasteiger partial charge in [-0.25, -0.2) is 5.32 Å². The molecule has 1 atom stereocenters. The van der Waals surface area contributed by atoms with Crippen LogP contribution in [0.3, 0.4) is 0 Å². The van der Waals surface area contributed by atoms with E-state index < -0.39 is 5.97 Å². The number of nitrogens with two attached hydrogens (primary N) is 1. The molecular formula is C32H43N4O4+. The van der Waals surface area contributed by atoms with Gasteiger partial charge in [0, 0.05) is 25.1 Å². The second-order valence-electron chi connectivity index (χ2n) is 11.7. The first kappa shape index (κ1) is 28.0. The van der Waals surface area contributed by atoms with Crippen LogP contribution in [0.15, 0.2) is 48.5 Å². The number of carboxylic acids is 1. The van der Waals surface area contributed by atoms with E-state index in [1.54, 1.807) is 0 Å². The number of rotatable bonds is 9. The molecule has 2 aromatic carbocycles. The molecule has 1 amide bonds. The molecule has 5 rings (SSSR count). The van der Waals surface area contributed by atoms with Crippen LogP contribution in [0.5, 0.6) is 11.5 Å². The number of nitrogens with zero attached hydrogens (tertiary/aromatic N) is 2. The Kier molecular flexibility index (Phi) is 8.92. The highest BCUT2D eigenvalue weighted by Crippen LogP contribution is 2.34. The van der Waals surface area contributed by atoms with Gasteiger partial charge in [0.15, 0.2) is 0 Å². The number of guanidine groups is 1. The summed E-state index contributed by atoms with van der Waals surface area (Å²) in [5.74, 6) is 1.87. The maximum atomic E-state index is 13.3. The molecule has 2 aliphatic carbocycles. The van der Waals surface area contributed by atoms with E-state index in [9.17, 15) is 14.7 Å². The van der Waals surface area contributed by atoms with Gasteiger partial charge in [-0.05, 0) is 81.2 Å². The van der Waals surface area contributed by atoms with Crippen LogP contribution in [0, 0.1) is 11.8 Å². The van der Waals surface area contributed by atoms with Crippen molar-refractivity contribution in [3.63, 3.8) is 0 Å². The number of benzene rings is 2. The summed E-state index contributed by atoms with van der Waals surface area (Å²) in [5, 5.41) is 12.7. The molecule has 0 bridgehead atoms. The lowest BCUT2D eigenvalue weighted by molar-refractivity contribution is -0.593. The summed E-state index contributed by atoms with van der Waals surface area (Å²) >= 11 is 0. The Balaban J connectivity index is 1.28. The molecule has 0 aromatic heterocycles. The SMILES string of the molecule is CN(C(=O)CCC(C1CCCCC1)[N+]1=C(N)Nc2ccc(Oc3ccccc3)cc2C1)C1CCC(C(=O)O)CC1. The zero-order valence-electron chi connectivity index (χ0n) is 23.6. The number of carbonyl (C=O) groups excluding carboxylic acids is 1. The van der Waals surface area contributed by atoms with Crippen molar-refractivity contribution in [3.8, 4) is 11.5 Å². The molecule has 0 spiro atoms. The van der Waals surface area contributed by atoms with E-state index in [1.165, 1.54) is 19.3 Å². The zero-order chi connectivity index (χ0) is 28.1. The van der Waals surface area contributed by atoms with Crippen LogP contribution in [0.4, 0.5) is 5.69 Å². The first-order valence-corrected chi connectivity index (χ1v) is 14.9. The summed E-state index contributed by atoms with van der Waals surface area (Å²) < 4.78 is 8.37. The van der Waals surface area contributed by atoms with E-state index in [0.717, 1.165) is 54.9 Å². The lowest BCUT2D eigenvalue weighted by atomic mass is 9.81. The van der Waals surface area contributed by atoms with Crippen LogP contribution >= 0.6 is 0 Å². The number of anilines is 1. The lowest BCUT2D eigenvalue weighted by Gasteiger charge is -2.35. The highest BCUT2D eigenvalue weighted by molar-refractivity contribution is 5.90. The van der Waals surface area contributed by atoms with Gasteiger partial charge < -0.3 is 14.7 Å². The number of carbonyl (C=O) groups is 2. The van der Waals surface area contributed by atoms with E-state index in [1.807, 2.05) is 54.4 Å². The average molecular weight is 548 g/mol. The van der Waals surface area contributed by atoms with Gasteiger partial charge in [0.2, 0.25) is 5.91 Å². The minimum atomic E-state index is -0.716. The molecule has 1 aliphatic heterocycles. The fraction of sp³-hybridized carbons (Fsp3) is 0.531. The smallest absolute Gasteiger partial charge is 0.348 e. The number of carboxylic acid groups (broad SMARTS) is 1. The summed E-state index contributed by atoms with van der Waals surface area (Å²) in [4.78, 5) is 26.6.